The molecule has 0 aliphatic carbocycles. The van der Waals surface area contributed by atoms with Crippen LogP contribution in [-0.4, -0.2) is 34.4 Å². The van der Waals surface area contributed by atoms with Gasteiger partial charge in [-0.25, -0.2) is 9.07 Å². The SMILES string of the molecule is CCOc1nc2c(c(C)nn2-c2cccc(F)c2)c(C)c1CCC(=O)Nc1cc(C)ccc1OC. The minimum absolute atomic E-state index is 0.136. The lowest BCUT2D eigenvalue weighted by atomic mass is 10.0. The smallest absolute Gasteiger partial charge is 0.224 e. The van der Waals surface area contributed by atoms with Crippen molar-refractivity contribution in [3.05, 3.63) is 70.7 Å². The average Bonchev–Trinajstić information content (AvgIpc) is 3.15. The number of amides is 1. The van der Waals surface area contributed by atoms with Gasteiger partial charge in [-0.05, 0) is 75.6 Å². The molecule has 0 atom stereocenters. The summed E-state index contributed by atoms with van der Waals surface area (Å²) in [6.45, 7) is 8.14. The molecule has 0 fully saturated rings. The first-order valence-corrected chi connectivity index (χ1v) is 11.5. The van der Waals surface area contributed by atoms with E-state index >= 15 is 0 Å². The van der Waals surface area contributed by atoms with Crippen LogP contribution in [0.3, 0.4) is 0 Å². The maximum Gasteiger partial charge on any atom is 0.224 e. The van der Waals surface area contributed by atoms with Crippen LogP contribution in [0.5, 0.6) is 11.6 Å². The van der Waals surface area contributed by atoms with Crippen molar-refractivity contribution in [1.82, 2.24) is 14.8 Å². The Balaban J connectivity index is 1.67. The highest BCUT2D eigenvalue weighted by atomic mass is 19.1. The quantitative estimate of drug-likeness (QED) is 0.365. The minimum atomic E-state index is -0.349. The molecule has 0 saturated heterocycles. The summed E-state index contributed by atoms with van der Waals surface area (Å²) >= 11 is 0. The van der Waals surface area contributed by atoms with E-state index in [4.69, 9.17) is 14.5 Å². The van der Waals surface area contributed by atoms with Crippen LogP contribution in [0.2, 0.25) is 0 Å². The van der Waals surface area contributed by atoms with Crippen molar-refractivity contribution in [2.75, 3.05) is 19.0 Å². The van der Waals surface area contributed by atoms with Gasteiger partial charge in [-0.2, -0.15) is 10.1 Å². The molecule has 2 aromatic carbocycles. The van der Waals surface area contributed by atoms with Crippen molar-refractivity contribution in [3.8, 4) is 17.3 Å². The topological polar surface area (TPSA) is 78.3 Å². The third-order valence-electron chi connectivity index (χ3n) is 5.89. The molecule has 4 aromatic rings. The van der Waals surface area contributed by atoms with Gasteiger partial charge in [0.2, 0.25) is 11.8 Å². The number of anilines is 1. The fourth-order valence-electron chi connectivity index (χ4n) is 4.24. The second kappa shape index (κ2) is 10.1. The maximum atomic E-state index is 13.9. The van der Waals surface area contributed by atoms with Crippen LogP contribution in [0.25, 0.3) is 16.7 Å². The zero-order chi connectivity index (χ0) is 25.1. The summed E-state index contributed by atoms with van der Waals surface area (Å²) in [6, 6.07) is 11.9. The molecule has 182 valence electrons. The standard InChI is InChI=1S/C27H29FN4O3/c1-6-35-27-21(11-13-24(33)29-22-14-16(2)10-12-23(22)34-5)17(3)25-18(4)31-32(26(25)30-27)20-9-7-8-19(28)15-20/h7-10,12,14-15H,6,11,13H2,1-5H3,(H,29,33). The van der Waals surface area contributed by atoms with Gasteiger partial charge < -0.3 is 14.8 Å². The predicted octanol–water partition coefficient (Wildman–Crippen LogP) is 5.46. The molecule has 0 aliphatic rings. The molecule has 7 nitrogen and oxygen atoms in total. The Bertz CT molecular complexity index is 1400. The van der Waals surface area contributed by atoms with E-state index in [1.165, 1.54) is 12.1 Å². The van der Waals surface area contributed by atoms with E-state index in [0.29, 0.717) is 41.7 Å². The van der Waals surface area contributed by atoms with E-state index in [9.17, 15) is 9.18 Å². The van der Waals surface area contributed by atoms with Crippen molar-refractivity contribution in [2.45, 2.75) is 40.5 Å². The lowest BCUT2D eigenvalue weighted by Crippen LogP contribution is -2.14. The Labute approximate surface area is 203 Å². The largest absolute Gasteiger partial charge is 0.495 e. The Morgan fingerprint density at radius 1 is 1.14 bits per heavy atom. The molecule has 2 aromatic heterocycles. The Morgan fingerprint density at radius 3 is 2.66 bits per heavy atom. The monoisotopic (exact) mass is 476 g/mol. The van der Waals surface area contributed by atoms with Crippen molar-refractivity contribution in [2.24, 2.45) is 0 Å². The van der Waals surface area contributed by atoms with Crippen molar-refractivity contribution in [3.63, 3.8) is 0 Å². The van der Waals surface area contributed by atoms with Crippen molar-refractivity contribution in [1.29, 1.82) is 0 Å². The first-order valence-electron chi connectivity index (χ1n) is 11.5. The van der Waals surface area contributed by atoms with Gasteiger partial charge in [0.05, 0.1) is 30.8 Å². The lowest BCUT2D eigenvalue weighted by Gasteiger charge is -2.15. The zero-order valence-electron chi connectivity index (χ0n) is 20.6. The summed E-state index contributed by atoms with van der Waals surface area (Å²) in [5.41, 5.74) is 5.40. The molecule has 4 rings (SSSR count). The third kappa shape index (κ3) is 4.96. The van der Waals surface area contributed by atoms with Crippen LogP contribution >= 0.6 is 0 Å². The number of halogens is 1. The average molecular weight is 477 g/mol. The summed E-state index contributed by atoms with van der Waals surface area (Å²) in [5.74, 6) is 0.580. The summed E-state index contributed by atoms with van der Waals surface area (Å²) in [7, 11) is 1.57. The number of fused-ring (bicyclic) bond motifs is 1. The molecule has 0 aliphatic heterocycles. The maximum absolute atomic E-state index is 13.9. The third-order valence-corrected chi connectivity index (χ3v) is 5.89. The van der Waals surface area contributed by atoms with Gasteiger partial charge in [0, 0.05) is 17.4 Å². The number of carbonyl (C=O) groups excluding carboxylic acids is 1. The van der Waals surface area contributed by atoms with Crippen molar-refractivity contribution < 1.29 is 18.7 Å². The summed E-state index contributed by atoms with van der Waals surface area (Å²) in [6.07, 6.45) is 0.678. The number of nitrogens with one attached hydrogen (secondary N) is 1. The Kier molecular flexibility index (Phi) is 7.00. The van der Waals surface area contributed by atoms with E-state index in [-0.39, 0.29) is 18.1 Å². The number of methoxy groups -OCH3 is 1. The van der Waals surface area contributed by atoms with Gasteiger partial charge in [-0.15, -0.1) is 0 Å². The van der Waals surface area contributed by atoms with Crippen LogP contribution in [0, 0.1) is 26.6 Å². The highest BCUT2D eigenvalue weighted by Crippen LogP contribution is 2.32. The molecular formula is C27H29FN4O3. The predicted molar refractivity (Wildman–Crippen MR) is 134 cm³/mol. The van der Waals surface area contributed by atoms with Gasteiger partial charge in [0.1, 0.15) is 11.6 Å². The van der Waals surface area contributed by atoms with Gasteiger partial charge in [0.15, 0.2) is 5.65 Å². The number of hydrogen-bond acceptors (Lipinski definition) is 5. The van der Waals surface area contributed by atoms with Gasteiger partial charge in [-0.3, -0.25) is 4.79 Å². The molecule has 0 saturated carbocycles. The van der Waals surface area contributed by atoms with E-state index in [1.807, 2.05) is 45.9 Å². The number of nitrogens with zero attached hydrogens (tertiary/aromatic N) is 3. The lowest BCUT2D eigenvalue weighted by molar-refractivity contribution is -0.116. The number of aromatic nitrogens is 3. The van der Waals surface area contributed by atoms with Crippen LogP contribution in [-0.2, 0) is 11.2 Å². The number of rotatable bonds is 8. The molecule has 2 heterocycles. The highest BCUT2D eigenvalue weighted by molar-refractivity contribution is 5.93. The molecule has 0 radical (unpaired) electrons. The molecule has 0 unspecified atom stereocenters. The molecule has 0 bridgehead atoms. The number of carbonyl (C=O) groups is 1. The van der Waals surface area contributed by atoms with Crippen LogP contribution in [0.1, 0.15) is 35.7 Å². The van der Waals surface area contributed by atoms with E-state index in [0.717, 1.165) is 27.8 Å². The molecule has 1 N–H and O–H groups in total. The first kappa shape index (κ1) is 24.2. The van der Waals surface area contributed by atoms with E-state index in [1.54, 1.807) is 23.9 Å². The number of benzene rings is 2. The van der Waals surface area contributed by atoms with Crippen LogP contribution in [0.15, 0.2) is 42.5 Å². The highest BCUT2D eigenvalue weighted by Gasteiger charge is 2.21. The summed E-state index contributed by atoms with van der Waals surface area (Å²) in [5, 5.41) is 8.44. The second-order valence-corrected chi connectivity index (χ2v) is 8.38. The van der Waals surface area contributed by atoms with E-state index < -0.39 is 0 Å². The normalized spacial score (nSPS) is 11.0. The molecular weight excluding hydrogens is 447 g/mol. The second-order valence-electron chi connectivity index (χ2n) is 8.38. The number of ether oxygens (including phenoxy) is 2. The van der Waals surface area contributed by atoms with Gasteiger partial charge in [0.25, 0.3) is 0 Å². The fourth-order valence-corrected chi connectivity index (χ4v) is 4.24. The van der Waals surface area contributed by atoms with Crippen LogP contribution < -0.4 is 14.8 Å². The van der Waals surface area contributed by atoms with E-state index in [2.05, 4.69) is 10.4 Å². The minimum Gasteiger partial charge on any atom is -0.495 e. The van der Waals surface area contributed by atoms with Gasteiger partial charge >= 0.3 is 0 Å². The summed E-state index contributed by atoms with van der Waals surface area (Å²) in [4.78, 5) is 17.6. The molecule has 35 heavy (non-hydrogen) atoms. The Morgan fingerprint density at radius 2 is 1.94 bits per heavy atom. The zero-order valence-corrected chi connectivity index (χ0v) is 20.6. The molecule has 8 heteroatoms. The molecule has 1 amide bonds. The number of aryl methyl sites for hydroxylation is 3. The summed E-state index contributed by atoms with van der Waals surface area (Å²) < 4.78 is 26.7. The number of hydrogen-bond donors (Lipinski definition) is 1. The molecule has 0 spiro atoms. The van der Waals surface area contributed by atoms with Gasteiger partial charge in [-0.1, -0.05) is 12.1 Å². The number of pyridine rings is 1. The first-order chi connectivity index (χ1) is 16.8. The van der Waals surface area contributed by atoms with Crippen molar-refractivity contribution >= 4 is 22.6 Å². The fraction of sp³-hybridized carbons (Fsp3) is 0.296. The van der Waals surface area contributed by atoms with Crippen LogP contribution in [0.4, 0.5) is 10.1 Å². The Hall–Kier alpha value is -3.94.